The van der Waals surface area contributed by atoms with Gasteiger partial charge in [-0.2, -0.15) is 0 Å². The van der Waals surface area contributed by atoms with Gasteiger partial charge in [-0.25, -0.2) is 8.42 Å². The topological polar surface area (TPSA) is 78.9 Å². The number of rotatable bonds is 0. The van der Waals surface area contributed by atoms with E-state index >= 15 is 0 Å². The molecule has 6 nitrogen and oxygen atoms in total. The molecule has 22 atom stereocenters. The van der Waals surface area contributed by atoms with Crippen LogP contribution in [-0.4, -0.2) is 57.2 Å². The number of carbonyl (C=O) groups is 1. The van der Waals surface area contributed by atoms with Crippen molar-refractivity contribution < 1.29 is 27.4 Å². The maximum absolute atomic E-state index is 11.7. The molecule has 16 unspecified atom stereocenters. The maximum atomic E-state index is 11.7. The second-order valence-electron chi connectivity index (χ2n) is 54.4. The molecular weight excluding hydrogens is 1510 g/mol. The molecule has 12 rings (SSSR count). The molecule has 7 heteroatoms. The minimum absolute atomic E-state index is 0. The number of hydrogen-bond donors (Lipinski definition) is 0. The molecular formula is C115H234O6S. The van der Waals surface area contributed by atoms with Gasteiger partial charge in [0, 0.05) is 18.8 Å². The normalized spacial score (nSPS) is 32.0. The largest absolute Gasteiger partial charge is 0.493 e. The minimum atomic E-state index is -2.81. The Morgan fingerprint density at radius 2 is 0.607 bits per heavy atom. The summed E-state index contributed by atoms with van der Waals surface area (Å²) in [5.41, 5.74) is 6.26. The number of Topliss-reactive ketones (excluding diaryl/α,β-unsaturated/α-hetero) is 1. The van der Waals surface area contributed by atoms with Gasteiger partial charge in [0.2, 0.25) is 0 Å². The molecule has 736 valence electrons. The van der Waals surface area contributed by atoms with Gasteiger partial charge in [0.15, 0.2) is 9.84 Å². The van der Waals surface area contributed by atoms with E-state index in [9.17, 15) is 13.2 Å². The summed E-state index contributed by atoms with van der Waals surface area (Å²) >= 11 is 0. The van der Waals surface area contributed by atoms with Gasteiger partial charge in [-0.05, 0) is 265 Å². The first-order chi connectivity index (χ1) is 49.6. The highest BCUT2D eigenvalue weighted by atomic mass is 32.2. The zero-order valence-electron chi connectivity index (χ0n) is 81.8. The molecule has 0 radical (unpaired) electrons. The molecule has 0 N–H and O–H groups in total. The predicted molar refractivity (Wildman–Crippen MR) is 555 cm³/mol. The molecule has 1 aromatic rings. The van der Waals surface area contributed by atoms with E-state index in [1.54, 1.807) is 0 Å². The zero-order chi connectivity index (χ0) is 85.3. The van der Waals surface area contributed by atoms with E-state index in [0.29, 0.717) is 126 Å². The van der Waals surface area contributed by atoms with Gasteiger partial charge >= 0.3 is 0 Å². The van der Waals surface area contributed by atoms with Gasteiger partial charge < -0.3 is 14.2 Å². The van der Waals surface area contributed by atoms with Crippen molar-refractivity contribution in [3.05, 3.63) is 29.8 Å². The van der Waals surface area contributed by atoms with E-state index in [4.69, 9.17) is 14.2 Å². The van der Waals surface area contributed by atoms with E-state index in [1.807, 2.05) is 0 Å². The number of para-hydroxylation sites is 1. The highest BCUT2D eigenvalue weighted by Gasteiger charge is 2.59. The third kappa shape index (κ3) is 33.7. The van der Waals surface area contributed by atoms with Crippen molar-refractivity contribution in [3.8, 4) is 5.75 Å². The van der Waals surface area contributed by atoms with Crippen LogP contribution in [0.1, 0.15) is 480 Å². The summed E-state index contributed by atoms with van der Waals surface area (Å²) in [6, 6.07) is 8.54. The van der Waals surface area contributed by atoms with Crippen LogP contribution in [0.4, 0.5) is 0 Å². The van der Waals surface area contributed by atoms with Crippen LogP contribution in [0.2, 0.25) is 0 Å². The van der Waals surface area contributed by atoms with Crippen LogP contribution in [0, 0.1) is 182 Å². The number of benzene rings is 1. The molecule has 0 aromatic heterocycles. The van der Waals surface area contributed by atoms with Crippen LogP contribution in [0.5, 0.6) is 5.75 Å². The van der Waals surface area contributed by atoms with Crippen molar-refractivity contribution in [2.24, 2.45) is 182 Å². The molecule has 6 saturated carbocycles. The lowest BCUT2D eigenvalue weighted by molar-refractivity contribution is -0.161. The Hall–Kier alpha value is -1.44. The highest BCUT2D eigenvalue weighted by molar-refractivity contribution is 7.91. The highest BCUT2D eigenvalue weighted by Crippen LogP contribution is 2.65. The number of ketones is 1. The van der Waals surface area contributed by atoms with Crippen molar-refractivity contribution in [2.75, 3.05) is 24.7 Å². The third-order valence-electron chi connectivity index (χ3n) is 30.9. The van der Waals surface area contributed by atoms with Gasteiger partial charge in [0.05, 0.1) is 43.0 Å². The van der Waals surface area contributed by atoms with Crippen LogP contribution in [0.3, 0.4) is 0 Å². The van der Waals surface area contributed by atoms with Crippen LogP contribution < -0.4 is 4.74 Å². The summed E-state index contributed by atoms with van der Waals surface area (Å²) < 4.78 is 41.9. The van der Waals surface area contributed by atoms with Crippen molar-refractivity contribution in [1.29, 1.82) is 0 Å². The second kappa shape index (κ2) is 46.8. The summed E-state index contributed by atoms with van der Waals surface area (Å²) in [6.45, 7) is 101. The molecule has 6 aliphatic carbocycles. The molecule has 5 heterocycles. The Labute approximate surface area is 773 Å². The first-order valence-electron chi connectivity index (χ1n) is 46.3. The SMILES string of the molecule is C.C.C.C.C.C.C.C.C.C.C.CC(C)(C)C1C2CCC(C2)C1C(C)(C)C.CC(C)(C)C1C2CCC(C2)C1C(C)(C)C.CC(C)(C)C1C2CCC(O2)C1C(C)(C)C.CC(C)(C)C1CCC(=O)CC1C(C)(C)C.CC(C)(C)[C@@H]1COC2CCCCC2[C@@H]1C(C)(C)C.CC(C)(C)[C@@H]1COc2ccccc2[C@@H]1C(C)(C)C.CC(C)(C)[C@@H]1CS(=O)(=O)C[C@@H]1C(C)(C)C. The number of sulfone groups is 1. The minimum Gasteiger partial charge on any atom is -0.493 e. The van der Waals surface area contributed by atoms with Gasteiger partial charge in [0.25, 0.3) is 0 Å². The fourth-order valence-electron chi connectivity index (χ4n) is 26.5. The van der Waals surface area contributed by atoms with Crippen molar-refractivity contribution >= 4 is 15.6 Å². The Bertz CT molecular complexity index is 2960. The average molecular weight is 1750 g/mol. The summed E-state index contributed by atoms with van der Waals surface area (Å²) in [7, 11) is -2.81. The van der Waals surface area contributed by atoms with Crippen molar-refractivity contribution in [1.82, 2.24) is 0 Å². The lowest BCUT2D eigenvalue weighted by atomic mass is 9.56. The summed E-state index contributed by atoms with van der Waals surface area (Å²) in [4.78, 5) is 11.6. The fourth-order valence-corrected chi connectivity index (χ4v) is 29.2. The maximum Gasteiger partial charge on any atom is 0.150 e. The van der Waals surface area contributed by atoms with E-state index < -0.39 is 9.84 Å². The third-order valence-corrected chi connectivity index (χ3v) is 32.7. The summed E-state index contributed by atoms with van der Waals surface area (Å²) in [5.74, 6) is 17.1. The second-order valence-corrected chi connectivity index (χ2v) is 56.6. The zero-order valence-corrected chi connectivity index (χ0v) is 82.6. The lowest BCUT2D eigenvalue weighted by Crippen LogP contribution is -2.52. The van der Waals surface area contributed by atoms with Crippen molar-refractivity contribution in [3.63, 3.8) is 0 Å². The van der Waals surface area contributed by atoms with Gasteiger partial charge in [0.1, 0.15) is 11.5 Å². The Kier molecular flexibility index (Phi) is 50.3. The van der Waals surface area contributed by atoms with E-state index in [0.717, 1.165) is 109 Å². The average Bonchev–Trinajstić information content (AvgIpc) is 1.59. The Morgan fingerprint density at radius 3 is 0.910 bits per heavy atom. The molecule has 0 amide bonds. The molecule has 5 aliphatic heterocycles. The fraction of sp³-hybridized carbons (Fsp3) is 0.939. The van der Waals surface area contributed by atoms with Crippen molar-refractivity contribution in [2.45, 2.75) is 493 Å². The standard InChI is InChI=1S/C17H32O.C17H26O.2C15H28.2C14H26O.C12H24O2S.11CH4/c2*1-16(2,3)13-11-18-14-10-8-7-9-12(14)15(13)17(4,5)6;2*1-14(2,3)12-10-7-8-11(9-10)13(12)15(4,5)6;1-13(2,3)11-9-7-8-10(15-9)12(11)14(4,5)6;1-13(2,3)11-8-7-10(15)9-12(11)14(4,5)6;1-11(2,3)9-7-15(13,14)8-10(9)12(4,5)6;;;;;;;;;;;/h12-15H,7-11H2,1-6H3;7-10,13,15H,11H2,1-6H3;2*10-13H,7-9H2,1-6H3;9-12H,7-8H2,1-6H3;11-12H,7-9H2,1-6H3;9-10H,7-8H2,1-6H3;11*1H4/t12?,13-,14?,15+;13-,15+;;;;;9-,10+;;;;;;;;;;;/m11................/s1. The van der Waals surface area contributed by atoms with E-state index in [2.05, 4.69) is 315 Å². The summed E-state index contributed by atoms with van der Waals surface area (Å²) in [6.07, 6.45) is 21.5. The monoisotopic (exact) mass is 1740 g/mol. The Morgan fingerprint density at radius 1 is 0.295 bits per heavy atom. The van der Waals surface area contributed by atoms with Crippen LogP contribution in [0.25, 0.3) is 0 Å². The molecule has 11 aliphatic rings. The first-order valence-corrected chi connectivity index (χ1v) is 48.1. The molecule has 0 spiro atoms. The molecule has 4 saturated heterocycles. The molecule has 122 heavy (non-hydrogen) atoms. The van der Waals surface area contributed by atoms with Gasteiger partial charge in [-0.15, -0.1) is 0 Å². The van der Waals surface area contributed by atoms with Crippen LogP contribution in [-0.2, 0) is 24.1 Å². The van der Waals surface area contributed by atoms with Gasteiger partial charge in [-0.3, -0.25) is 4.79 Å². The lowest BCUT2D eigenvalue weighted by Gasteiger charge is -2.54. The number of carbonyl (C=O) groups excluding carboxylic acids is 1. The number of ether oxygens (including phenoxy) is 3. The quantitative estimate of drug-likeness (QED) is 0.258. The molecule has 10 fully saturated rings. The smallest absolute Gasteiger partial charge is 0.150 e. The summed E-state index contributed by atoms with van der Waals surface area (Å²) in [5, 5.41) is 0. The Balaban J connectivity index is -0.000000317. The van der Waals surface area contributed by atoms with E-state index in [-0.39, 0.29) is 109 Å². The predicted octanol–water partition coefficient (Wildman–Crippen LogP) is 36.9. The molecule has 6 bridgehead atoms. The van der Waals surface area contributed by atoms with Gasteiger partial charge in [-0.1, -0.05) is 404 Å². The van der Waals surface area contributed by atoms with Crippen LogP contribution >= 0.6 is 0 Å². The number of fused-ring (bicyclic) bond motifs is 8. The van der Waals surface area contributed by atoms with E-state index in [1.165, 1.54) is 82.6 Å². The van der Waals surface area contributed by atoms with Crippen LogP contribution in [0.15, 0.2) is 24.3 Å². The molecule has 1 aromatic carbocycles. The number of hydrogen-bond acceptors (Lipinski definition) is 6. The first kappa shape index (κ1) is 131.